The summed E-state index contributed by atoms with van der Waals surface area (Å²) in [4.78, 5) is 13.4. The van der Waals surface area contributed by atoms with Gasteiger partial charge in [-0.1, -0.05) is 0 Å². The van der Waals surface area contributed by atoms with Gasteiger partial charge < -0.3 is 4.90 Å². The number of hydrogen-bond donors (Lipinski definition) is 0. The van der Waals surface area contributed by atoms with Crippen LogP contribution in [0.3, 0.4) is 0 Å². The van der Waals surface area contributed by atoms with Gasteiger partial charge in [0.25, 0.3) is 0 Å². The van der Waals surface area contributed by atoms with Gasteiger partial charge in [-0.3, -0.25) is 4.79 Å². The van der Waals surface area contributed by atoms with Crippen molar-refractivity contribution >= 4 is 27.5 Å². The number of carbonyl (C=O) groups is 1. The van der Waals surface area contributed by atoms with Crippen LogP contribution in [-0.4, -0.2) is 12.5 Å². The predicted molar refractivity (Wildman–Crippen MR) is 68.2 cm³/mol. The summed E-state index contributed by atoms with van der Waals surface area (Å²) in [5.41, 5.74) is 1.24. The maximum Gasteiger partial charge on any atom is 0.228 e. The topological polar surface area (TPSA) is 44.1 Å². The highest BCUT2D eigenvalue weighted by atomic mass is 79.9. The minimum atomic E-state index is -0.0308. The Morgan fingerprint density at radius 3 is 2.88 bits per heavy atom. The summed E-state index contributed by atoms with van der Waals surface area (Å²) >= 11 is 3.28. The smallest absolute Gasteiger partial charge is 0.228 e. The highest BCUT2D eigenvalue weighted by Crippen LogP contribution is 2.28. The number of amides is 1. The molecule has 84 valence electrons. The molecule has 0 radical (unpaired) electrons. The van der Waals surface area contributed by atoms with Crippen molar-refractivity contribution in [1.29, 1.82) is 5.26 Å². The number of nitriles is 1. The van der Waals surface area contributed by atoms with Crippen molar-refractivity contribution in [2.75, 3.05) is 11.4 Å². The van der Waals surface area contributed by atoms with Crippen LogP contribution in [0.25, 0.3) is 0 Å². The average molecular weight is 289 g/mol. The van der Waals surface area contributed by atoms with Crippen LogP contribution in [0.4, 0.5) is 5.69 Å². The number of rotatable bonds is 1. The van der Waals surface area contributed by atoms with Crippen molar-refractivity contribution in [1.82, 2.24) is 0 Å². The first-order valence-corrected chi connectivity index (χ1v) is 5.91. The van der Waals surface area contributed by atoms with E-state index in [2.05, 4.69) is 27.9 Å². The minimum absolute atomic E-state index is 0.0131. The number of benzene rings is 1. The number of halogens is 1. The molecule has 1 unspecified atom stereocenters. The van der Waals surface area contributed by atoms with Crippen LogP contribution >= 0.6 is 15.9 Å². The van der Waals surface area contributed by atoms with E-state index in [9.17, 15) is 4.79 Å². The molecule has 0 aliphatic carbocycles. The fourth-order valence-electron chi connectivity index (χ4n) is 1.84. The molecule has 0 spiro atoms. The molecule has 17 heavy (non-hydrogen) atoms. The normalized spacial score (nSPS) is 18.9. The lowest BCUT2D eigenvalue weighted by Gasteiger charge is -2.16. The van der Waals surface area contributed by atoms with Crippen LogP contribution in [-0.2, 0) is 4.79 Å². The van der Waals surface area contributed by atoms with Crippen LogP contribution < -0.4 is 4.90 Å². The molecule has 1 aliphatic rings. The number of anilines is 1. The Hall–Kier alpha value is -1.78. The third-order valence-corrected chi connectivity index (χ3v) is 3.43. The van der Waals surface area contributed by atoms with Gasteiger partial charge in [-0.15, -0.1) is 12.3 Å². The molecule has 2 rings (SSSR count). The molecule has 1 saturated heterocycles. The molecular formula is C13H9BrN2O. The van der Waals surface area contributed by atoms with E-state index < -0.39 is 0 Å². The van der Waals surface area contributed by atoms with E-state index >= 15 is 0 Å². The van der Waals surface area contributed by atoms with Gasteiger partial charge in [-0.25, -0.2) is 0 Å². The molecule has 1 aromatic rings. The van der Waals surface area contributed by atoms with Crippen molar-refractivity contribution in [3.63, 3.8) is 0 Å². The second kappa shape index (κ2) is 4.61. The highest BCUT2D eigenvalue weighted by Gasteiger charge is 2.29. The van der Waals surface area contributed by atoms with Crippen LogP contribution in [0.1, 0.15) is 12.0 Å². The Labute approximate surface area is 108 Å². The second-order valence-corrected chi connectivity index (χ2v) is 4.70. The Bertz CT molecular complexity index is 554. The molecule has 0 N–H and O–H groups in total. The zero-order chi connectivity index (χ0) is 12.4. The van der Waals surface area contributed by atoms with Gasteiger partial charge in [0.1, 0.15) is 6.07 Å². The molecule has 1 aliphatic heterocycles. The SMILES string of the molecule is C#CC1CC(=O)N(c2ccc(Br)c(C#N)c2)C1. The number of hydrogen-bond acceptors (Lipinski definition) is 2. The summed E-state index contributed by atoms with van der Waals surface area (Å²) in [6.45, 7) is 0.530. The van der Waals surface area contributed by atoms with Crippen LogP contribution in [0.15, 0.2) is 22.7 Å². The fraction of sp³-hybridized carbons (Fsp3) is 0.231. The molecule has 1 heterocycles. The number of terminal acetylenes is 1. The molecule has 1 amide bonds. The monoisotopic (exact) mass is 288 g/mol. The summed E-state index contributed by atoms with van der Waals surface area (Å²) in [5.74, 6) is 2.58. The third kappa shape index (κ3) is 2.18. The molecular weight excluding hydrogens is 280 g/mol. The van der Waals surface area contributed by atoms with Gasteiger partial charge >= 0.3 is 0 Å². The quantitative estimate of drug-likeness (QED) is 0.745. The van der Waals surface area contributed by atoms with Crippen LogP contribution in [0.2, 0.25) is 0 Å². The molecule has 0 aromatic heterocycles. The van der Waals surface area contributed by atoms with Crippen molar-refractivity contribution in [3.05, 3.63) is 28.2 Å². The second-order valence-electron chi connectivity index (χ2n) is 3.85. The Balaban J connectivity index is 2.34. The van der Waals surface area contributed by atoms with Crippen LogP contribution in [0.5, 0.6) is 0 Å². The van der Waals surface area contributed by atoms with Gasteiger partial charge in [0.05, 0.1) is 5.56 Å². The summed E-state index contributed by atoms with van der Waals surface area (Å²) in [6.07, 6.45) is 5.71. The lowest BCUT2D eigenvalue weighted by molar-refractivity contribution is -0.117. The van der Waals surface area contributed by atoms with E-state index in [1.54, 1.807) is 17.0 Å². The van der Waals surface area contributed by atoms with E-state index in [4.69, 9.17) is 11.7 Å². The summed E-state index contributed by atoms with van der Waals surface area (Å²) < 4.78 is 0.726. The predicted octanol–water partition coefficient (Wildman–Crippen LogP) is 2.31. The van der Waals surface area contributed by atoms with E-state index in [0.29, 0.717) is 18.5 Å². The van der Waals surface area contributed by atoms with E-state index in [0.717, 1.165) is 10.2 Å². The maximum atomic E-state index is 11.8. The lowest BCUT2D eigenvalue weighted by atomic mass is 10.1. The van der Waals surface area contributed by atoms with Gasteiger partial charge in [0.2, 0.25) is 5.91 Å². The first-order chi connectivity index (χ1) is 8.15. The zero-order valence-corrected chi connectivity index (χ0v) is 10.6. The zero-order valence-electron chi connectivity index (χ0n) is 8.98. The molecule has 3 nitrogen and oxygen atoms in total. The highest BCUT2D eigenvalue weighted by molar-refractivity contribution is 9.10. The van der Waals surface area contributed by atoms with E-state index in [-0.39, 0.29) is 11.8 Å². The number of carbonyl (C=O) groups excluding carboxylic acids is 1. The average Bonchev–Trinajstić information content (AvgIpc) is 2.71. The third-order valence-electron chi connectivity index (χ3n) is 2.74. The maximum absolute atomic E-state index is 11.8. The molecule has 1 fully saturated rings. The molecule has 0 saturated carbocycles. The minimum Gasteiger partial charge on any atom is -0.311 e. The van der Waals surface area contributed by atoms with Gasteiger partial charge in [0.15, 0.2) is 0 Å². The molecule has 4 heteroatoms. The standard InChI is InChI=1S/C13H9BrN2O/c1-2-9-5-13(17)16(8-9)11-3-4-12(14)10(6-11)7-15/h1,3-4,6,9H,5,8H2. The Morgan fingerprint density at radius 1 is 1.53 bits per heavy atom. The lowest BCUT2D eigenvalue weighted by Crippen LogP contribution is -2.24. The fourth-order valence-corrected chi connectivity index (χ4v) is 2.17. The van der Waals surface area contributed by atoms with Crippen molar-refractivity contribution in [3.8, 4) is 18.4 Å². The van der Waals surface area contributed by atoms with E-state index in [1.807, 2.05) is 6.07 Å². The summed E-state index contributed by atoms with van der Waals surface area (Å²) in [5, 5.41) is 8.93. The Kier molecular flexibility index (Phi) is 3.17. The van der Waals surface area contributed by atoms with Crippen molar-refractivity contribution in [2.45, 2.75) is 6.42 Å². The summed E-state index contributed by atoms with van der Waals surface area (Å²) in [7, 11) is 0. The molecule has 1 aromatic carbocycles. The molecule has 0 bridgehead atoms. The molecule has 1 atom stereocenters. The number of nitrogens with zero attached hydrogens (tertiary/aromatic N) is 2. The first-order valence-electron chi connectivity index (χ1n) is 5.12. The largest absolute Gasteiger partial charge is 0.311 e. The summed E-state index contributed by atoms with van der Waals surface area (Å²) in [6, 6.07) is 7.34. The van der Waals surface area contributed by atoms with Crippen LogP contribution in [0, 0.1) is 29.6 Å². The van der Waals surface area contributed by atoms with Gasteiger partial charge in [-0.2, -0.15) is 5.26 Å². The first kappa shape index (κ1) is 11.7. The Morgan fingerprint density at radius 2 is 2.29 bits per heavy atom. The van der Waals surface area contributed by atoms with Crippen molar-refractivity contribution in [2.24, 2.45) is 5.92 Å². The van der Waals surface area contributed by atoms with E-state index in [1.165, 1.54) is 0 Å². The van der Waals surface area contributed by atoms with Gasteiger partial charge in [-0.05, 0) is 34.1 Å². The van der Waals surface area contributed by atoms with Crippen molar-refractivity contribution < 1.29 is 4.79 Å². The van der Waals surface area contributed by atoms with Gasteiger partial charge in [0, 0.05) is 29.0 Å².